The van der Waals surface area contributed by atoms with Crippen molar-refractivity contribution in [3.63, 3.8) is 0 Å². The molecule has 2 aliphatic rings. The summed E-state index contributed by atoms with van der Waals surface area (Å²) < 4.78 is 0. The van der Waals surface area contributed by atoms with Gasteiger partial charge in [0, 0.05) is 12.2 Å². The molecule has 0 aliphatic carbocycles. The summed E-state index contributed by atoms with van der Waals surface area (Å²) in [5, 5.41) is 11.2. The van der Waals surface area contributed by atoms with Crippen LogP contribution in [0.5, 0.6) is 0 Å². The molecule has 0 bridgehead atoms. The first-order chi connectivity index (χ1) is 14.8. The number of carbonyl (C=O) groups excluding carboxylic acids is 4. The Morgan fingerprint density at radius 1 is 1.10 bits per heavy atom. The average molecular weight is 430 g/mol. The number of rotatable bonds is 7. The van der Waals surface area contributed by atoms with Crippen molar-refractivity contribution in [2.45, 2.75) is 57.2 Å². The third-order valence-corrected chi connectivity index (χ3v) is 5.67. The van der Waals surface area contributed by atoms with Crippen molar-refractivity contribution in [1.82, 2.24) is 20.9 Å². The second kappa shape index (κ2) is 9.91. The molecule has 2 heterocycles. The van der Waals surface area contributed by atoms with Crippen molar-refractivity contribution in [3.8, 4) is 0 Å². The van der Waals surface area contributed by atoms with E-state index >= 15 is 0 Å². The number of hydrogen-bond acceptors (Lipinski definition) is 5. The molecule has 0 radical (unpaired) electrons. The third-order valence-electron chi connectivity index (χ3n) is 5.67. The molecule has 1 aromatic rings. The summed E-state index contributed by atoms with van der Waals surface area (Å²) in [7, 11) is 0. The largest absolute Gasteiger partial charge is 0.345 e. The summed E-state index contributed by atoms with van der Waals surface area (Å²) in [4.78, 5) is 51.9. The van der Waals surface area contributed by atoms with Crippen molar-refractivity contribution in [2.75, 3.05) is 25.0 Å². The molecule has 0 aromatic heterocycles. The summed E-state index contributed by atoms with van der Waals surface area (Å²) in [6, 6.07) is 8.13. The number of amides is 4. The highest BCUT2D eigenvalue weighted by molar-refractivity contribution is 5.98. The van der Waals surface area contributed by atoms with Crippen LogP contribution in [0.1, 0.15) is 39.5 Å². The number of benzene rings is 1. The van der Waals surface area contributed by atoms with Crippen LogP contribution in [0.2, 0.25) is 0 Å². The molecule has 2 fully saturated rings. The Kier molecular flexibility index (Phi) is 7.27. The van der Waals surface area contributed by atoms with Gasteiger partial charge in [0.1, 0.15) is 11.6 Å². The minimum Gasteiger partial charge on any atom is -0.345 e. The maximum Gasteiger partial charge on any atom is 0.245 e. The molecule has 9 nitrogen and oxygen atoms in total. The molecule has 2 atom stereocenters. The molecule has 31 heavy (non-hydrogen) atoms. The Hall–Kier alpha value is -2.94. The minimum absolute atomic E-state index is 0.0463. The smallest absolute Gasteiger partial charge is 0.245 e. The predicted octanol–water partition coefficient (Wildman–Crippen LogP) is 0.379. The Morgan fingerprint density at radius 2 is 1.84 bits per heavy atom. The summed E-state index contributed by atoms with van der Waals surface area (Å²) in [6.45, 7) is 4.30. The number of likely N-dealkylation sites (tertiary alicyclic amines) is 1. The summed E-state index contributed by atoms with van der Waals surface area (Å²) >= 11 is 0. The SMILES string of the molecule is CC(C)(NC(=O)C1CCCN1C(=O)C1CCCN1)C(=O)NCC(=O)Nc1ccccc1. The Labute approximate surface area is 182 Å². The summed E-state index contributed by atoms with van der Waals surface area (Å²) in [6.07, 6.45) is 3.05. The molecule has 0 spiro atoms. The van der Waals surface area contributed by atoms with E-state index in [0.29, 0.717) is 18.7 Å². The van der Waals surface area contributed by atoms with E-state index in [1.807, 2.05) is 6.07 Å². The van der Waals surface area contributed by atoms with Crippen LogP contribution in [0, 0.1) is 0 Å². The fourth-order valence-corrected chi connectivity index (χ4v) is 3.95. The first-order valence-electron chi connectivity index (χ1n) is 10.8. The topological polar surface area (TPSA) is 120 Å². The molecule has 2 saturated heterocycles. The van der Waals surface area contributed by atoms with E-state index in [2.05, 4.69) is 21.3 Å². The fourth-order valence-electron chi connectivity index (χ4n) is 3.95. The van der Waals surface area contributed by atoms with Crippen LogP contribution in [0.15, 0.2) is 30.3 Å². The van der Waals surface area contributed by atoms with Crippen molar-refractivity contribution < 1.29 is 19.2 Å². The first-order valence-corrected chi connectivity index (χ1v) is 10.8. The minimum atomic E-state index is -1.23. The second-order valence-corrected chi connectivity index (χ2v) is 8.55. The van der Waals surface area contributed by atoms with Crippen molar-refractivity contribution in [3.05, 3.63) is 30.3 Å². The van der Waals surface area contributed by atoms with Gasteiger partial charge in [-0.2, -0.15) is 0 Å². The third kappa shape index (κ3) is 5.81. The number of para-hydroxylation sites is 1. The highest BCUT2D eigenvalue weighted by Gasteiger charge is 2.40. The van der Waals surface area contributed by atoms with Gasteiger partial charge in [0.05, 0.1) is 12.6 Å². The van der Waals surface area contributed by atoms with Crippen LogP contribution in [0.25, 0.3) is 0 Å². The molecular formula is C22H31N5O4. The standard InChI is InChI=1S/C22H31N5O4/c1-22(2,21(31)24-14-18(28)25-15-8-4-3-5-9-15)26-19(29)17-11-7-13-27(17)20(30)16-10-6-12-23-16/h3-5,8-9,16-17,23H,6-7,10-14H2,1-2H3,(H,24,31)(H,25,28)(H,26,29). The lowest BCUT2D eigenvalue weighted by molar-refractivity contribution is -0.141. The first kappa shape index (κ1) is 22.7. The van der Waals surface area contributed by atoms with Crippen LogP contribution in [-0.2, 0) is 19.2 Å². The molecule has 4 amide bonds. The van der Waals surface area contributed by atoms with E-state index in [9.17, 15) is 19.2 Å². The van der Waals surface area contributed by atoms with Gasteiger partial charge in [0.25, 0.3) is 0 Å². The molecular weight excluding hydrogens is 398 g/mol. The van der Waals surface area contributed by atoms with E-state index in [0.717, 1.165) is 25.8 Å². The maximum absolute atomic E-state index is 12.9. The lowest BCUT2D eigenvalue weighted by Crippen LogP contribution is -2.60. The lowest BCUT2D eigenvalue weighted by Gasteiger charge is -2.31. The Bertz CT molecular complexity index is 820. The normalized spacial score (nSPS) is 20.9. The number of nitrogens with zero attached hydrogens (tertiary/aromatic N) is 1. The fraction of sp³-hybridized carbons (Fsp3) is 0.545. The number of nitrogens with one attached hydrogen (secondary N) is 4. The zero-order valence-corrected chi connectivity index (χ0v) is 18.1. The van der Waals surface area contributed by atoms with Crippen LogP contribution in [0.3, 0.4) is 0 Å². The molecule has 3 rings (SSSR count). The molecule has 168 valence electrons. The van der Waals surface area contributed by atoms with Crippen LogP contribution in [0.4, 0.5) is 5.69 Å². The van der Waals surface area contributed by atoms with Gasteiger partial charge < -0.3 is 26.2 Å². The molecule has 0 saturated carbocycles. The van der Waals surface area contributed by atoms with Crippen LogP contribution >= 0.6 is 0 Å². The zero-order valence-electron chi connectivity index (χ0n) is 18.1. The molecule has 9 heteroatoms. The highest BCUT2D eigenvalue weighted by atomic mass is 16.2. The van der Waals surface area contributed by atoms with Gasteiger partial charge in [-0.1, -0.05) is 18.2 Å². The van der Waals surface area contributed by atoms with Crippen molar-refractivity contribution >= 4 is 29.3 Å². The van der Waals surface area contributed by atoms with Crippen molar-refractivity contribution in [2.24, 2.45) is 0 Å². The quantitative estimate of drug-likeness (QED) is 0.500. The van der Waals surface area contributed by atoms with E-state index in [1.165, 1.54) is 0 Å². The van der Waals surface area contributed by atoms with E-state index in [4.69, 9.17) is 0 Å². The maximum atomic E-state index is 12.9. The van der Waals surface area contributed by atoms with Gasteiger partial charge in [-0.25, -0.2) is 0 Å². The Morgan fingerprint density at radius 3 is 2.52 bits per heavy atom. The summed E-state index contributed by atoms with van der Waals surface area (Å²) in [5.74, 6) is -1.23. The van der Waals surface area contributed by atoms with E-state index in [-0.39, 0.29) is 30.3 Å². The molecule has 2 aliphatic heterocycles. The van der Waals surface area contributed by atoms with Gasteiger partial charge in [0.15, 0.2) is 0 Å². The van der Waals surface area contributed by atoms with Crippen LogP contribution < -0.4 is 21.3 Å². The van der Waals surface area contributed by atoms with Gasteiger partial charge >= 0.3 is 0 Å². The van der Waals surface area contributed by atoms with Gasteiger partial charge in [-0.15, -0.1) is 0 Å². The predicted molar refractivity (Wildman–Crippen MR) is 116 cm³/mol. The second-order valence-electron chi connectivity index (χ2n) is 8.55. The summed E-state index contributed by atoms with van der Waals surface area (Å²) in [5.41, 5.74) is -0.593. The molecule has 4 N–H and O–H groups in total. The number of anilines is 1. The monoisotopic (exact) mass is 429 g/mol. The van der Waals surface area contributed by atoms with Gasteiger partial charge in [-0.3, -0.25) is 19.2 Å². The molecule has 1 aromatic carbocycles. The van der Waals surface area contributed by atoms with Crippen molar-refractivity contribution in [1.29, 1.82) is 0 Å². The van der Waals surface area contributed by atoms with Gasteiger partial charge in [-0.05, 0) is 58.2 Å². The average Bonchev–Trinajstić information content (AvgIpc) is 3.44. The number of hydrogen-bond donors (Lipinski definition) is 4. The zero-order chi connectivity index (χ0) is 22.4. The van der Waals surface area contributed by atoms with Crippen LogP contribution in [-0.4, -0.2) is 65.8 Å². The van der Waals surface area contributed by atoms with E-state index in [1.54, 1.807) is 43.0 Å². The highest BCUT2D eigenvalue weighted by Crippen LogP contribution is 2.21. The molecule has 2 unspecified atom stereocenters. The number of carbonyl (C=O) groups is 4. The lowest BCUT2D eigenvalue weighted by atomic mass is 10.0. The Balaban J connectivity index is 1.51. The van der Waals surface area contributed by atoms with Gasteiger partial charge in [0.2, 0.25) is 23.6 Å². The van der Waals surface area contributed by atoms with E-state index < -0.39 is 17.5 Å².